The van der Waals surface area contributed by atoms with Gasteiger partial charge >= 0.3 is 0 Å². The van der Waals surface area contributed by atoms with Gasteiger partial charge in [0.15, 0.2) is 0 Å². The SMILES string of the molecule is N#Cc1ccc(N2C=CC=CO2)cc1. The van der Waals surface area contributed by atoms with Gasteiger partial charge in [-0.3, -0.25) is 0 Å². The van der Waals surface area contributed by atoms with Crippen LogP contribution in [0.4, 0.5) is 5.69 Å². The fourth-order valence-electron chi connectivity index (χ4n) is 1.14. The van der Waals surface area contributed by atoms with E-state index in [4.69, 9.17) is 10.1 Å². The monoisotopic (exact) mass is 184 g/mol. The predicted molar refractivity (Wildman–Crippen MR) is 53.0 cm³/mol. The molecule has 0 spiro atoms. The highest BCUT2D eigenvalue weighted by Crippen LogP contribution is 2.17. The second kappa shape index (κ2) is 3.67. The molecular weight excluding hydrogens is 176 g/mol. The largest absolute Gasteiger partial charge is 0.383 e. The number of hydroxylamine groups is 1. The fraction of sp³-hybridized carbons (Fsp3) is 0. The topological polar surface area (TPSA) is 36.3 Å². The molecular formula is C11H8N2O. The first-order valence-electron chi connectivity index (χ1n) is 4.20. The van der Waals surface area contributed by atoms with Crippen molar-refractivity contribution >= 4 is 5.69 Å². The van der Waals surface area contributed by atoms with E-state index in [-0.39, 0.29) is 0 Å². The molecule has 1 aliphatic rings. The van der Waals surface area contributed by atoms with Crippen molar-refractivity contribution in [1.82, 2.24) is 0 Å². The van der Waals surface area contributed by atoms with Crippen molar-refractivity contribution < 1.29 is 4.84 Å². The van der Waals surface area contributed by atoms with Crippen molar-refractivity contribution in [2.45, 2.75) is 0 Å². The van der Waals surface area contributed by atoms with Crippen molar-refractivity contribution in [3.63, 3.8) is 0 Å². The molecule has 1 heterocycles. The van der Waals surface area contributed by atoms with Crippen LogP contribution in [0.1, 0.15) is 5.56 Å². The maximum atomic E-state index is 8.62. The van der Waals surface area contributed by atoms with E-state index in [2.05, 4.69) is 6.07 Å². The van der Waals surface area contributed by atoms with Gasteiger partial charge in [0.05, 0.1) is 17.3 Å². The number of anilines is 1. The van der Waals surface area contributed by atoms with Gasteiger partial charge in [-0.25, -0.2) is 0 Å². The zero-order chi connectivity index (χ0) is 9.80. The van der Waals surface area contributed by atoms with Gasteiger partial charge in [-0.05, 0) is 36.4 Å². The molecule has 14 heavy (non-hydrogen) atoms. The zero-order valence-corrected chi connectivity index (χ0v) is 7.42. The third kappa shape index (κ3) is 1.59. The normalized spacial score (nSPS) is 13.5. The van der Waals surface area contributed by atoms with E-state index in [0.29, 0.717) is 5.56 Å². The molecule has 0 bridgehead atoms. The molecule has 1 aromatic carbocycles. The second-order valence-corrected chi connectivity index (χ2v) is 2.76. The number of rotatable bonds is 1. The number of benzene rings is 1. The van der Waals surface area contributed by atoms with Crippen molar-refractivity contribution in [3.8, 4) is 6.07 Å². The van der Waals surface area contributed by atoms with Crippen LogP contribution in [0.3, 0.4) is 0 Å². The quantitative estimate of drug-likeness (QED) is 0.672. The van der Waals surface area contributed by atoms with Crippen molar-refractivity contribution in [1.29, 1.82) is 5.26 Å². The maximum absolute atomic E-state index is 8.62. The summed E-state index contributed by atoms with van der Waals surface area (Å²) in [5.41, 5.74) is 1.54. The molecule has 3 nitrogen and oxygen atoms in total. The molecule has 0 amide bonds. The summed E-state index contributed by atoms with van der Waals surface area (Å²) in [5, 5.41) is 10.2. The Morgan fingerprint density at radius 3 is 2.50 bits per heavy atom. The molecule has 0 aromatic heterocycles. The molecule has 1 aromatic rings. The standard InChI is InChI=1S/C11H8N2O/c12-9-10-3-5-11(6-4-10)13-7-1-2-8-14-13/h1-8H. The summed E-state index contributed by atoms with van der Waals surface area (Å²) in [6.07, 6.45) is 7.08. The van der Waals surface area contributed by atoms with E-state index in [9.17, 15) is 0 Å². The molecule has 0 radical (unpaired) electrons. The van der Waals surface area contributed by atoms with Crippen molar-refractivity contribution in [3.05, 3.63) is 54.4 Å². The lowest BCUT2D eigenvalue weighted by atomic mass is 10.2. The molecule has 0 fully saturated rings. The lowest BCUT2D eigenvalue weighted by Crippen LogP contribution is -2.14. The minimum absolute atomic E-state index is 0.644. The maximum Gasteiger partial charge on any atom is 0.120 e. The van der Waals surface area contributed by atoms with E-state index in [0.717, 1.165) is 5.69 Å². The Morgan fingerprint density at radius 2 is 1.93 bits per heavy atom. The van der Waals surface area contributed by atoms with Gasteiger partial charge in [-0.1, -0.05) is 0 Å². The molecule has 68 valence electrons. The fourth-order valence-corrected chi connectivity index (χ4v) is 1.14. The van der Waals surface area contributed by atoms with E-state index >= 15 is 0 Å². The number of nitriles is 1. The third-order valence-electron chi connectivity index (χ3n) is 1.84. The Bertz CT molecular complexity index is 412. The number of hydrogen-bond acceptors (Lipinski definition) is 3. The van der Waals surface area contributed by atoms with Crippen LogP contribution >= 0.6 is 0 Å². The Kier molecular flexibility index (Phi) is 2.20. The third-order valence-corrected chi connectivity index (χ3v) is 1.84. The van der Waals surface area contributed by atoms with Crippen LogP contribution in [0, 0.1) is 11.3 Å². The molecule has 0 aliphatic carbocycles. The molecule has 0 saturated heterocycles. The van der Waals surface area contributed by atoms with Crippen LogP contribution in [-0.2, 0) is 4.84 Å². The summed E-state index contributed by atoms with van der Waals surface area (Å²) >= 11 is 0. The number of nitrogens with zero attached hydrogens (tertiary/aromatic N) is 2. The van der Waals surface area contributed by atoms with E-state index in [1.165, 1.54) is 0 Å². The van der Waals surface area contributed by atoms with Gasteiger partial charge in [0.25, 0.3) is 0 Å². The van der Waals surface area contributed by atoms with Crippen LogP contribution in [0.5, 0.6) is 0 Å². The van der Waals surface area contributed by atoms with E-state index in [1.54, 1.807) is 35.7 Å². The summed E-state index contributed by atoms with van der Waals surface area (Å²) in [4.78, 5) is 5.22. The zero-order valence-electron chi connectivity index (χ0n) is 7.42. The van der Waals surface area contributed by atoms with Gasteiger partial charge in [0.2, 0.25) is 0 Å². The summed E-state index contributed by atoms with van der Waals surface area (Å²) in [7, 11) is 0. The lowest BCUT2D eigenvalue weighted by Gasteiger charge is -2.19. The van der Waals surface area contributed by atoms with Gasteiger partial charge in [-0.2, -0.15) is 10.3 Å². The van der Waals surface area contributed by atoms with E-state index in [1.807, 2.05) is 18.2 Å². The molecule has 2 rings (SSSR count). The highest BCUT2D eigenvalue weighted by molar-refractivity contribution is 5.50. The smallest absolute Gasteiger partial charge is 0.120 e. The minimum atomic E-state index is 0.644. The number of hydrogen-bond donors (Lipinski definition) is 0. The molecule has 0 unspecified atom stereocenters. The molecule has 1 aliphatic heterocycles. The van der Waals surface area contributed by atoms with Crippen LogP contribution < -0.4 is 5.06 Å². The second-order valence-electron chi connectivity index (χ2n) is 2.76. The highest BCUT2D eigenvalue weighted by Gasteiger charge is 2.03. The Hall–Kier alpha value is -2.21. The minimum Gasteiger partial charge on any atom is -0.383 e. The predicted octanol–water partition coefficient (Wildman–Crippen LogP) is 2.34. The number of allylic oxidation sites excluding steroid dienone is 2. The average Bonchev–Trinajstić information content (AvgIpc) is 2.30. The van der Waals surface area contributed by atoms with Crippen LogP contribution in [0.15, 0.2) is 48.9 Å². The van der Waals surface area contributed by atoms with Crippen molar-refractivity contribution in [2.24, 2.45) is 0 Å². The summed E-state index contributed by atoms with van der Waals surface area (Å²) in [6.45, 7) is 0. The first-order valence-corrected chi connectivity index (χ1v) is 4.20. The first-order chi connectivity index (χ1) is 6.90. The van der Waals surface area contributed by atoms with E-state index < -0.39 is 0 Å². The van der Waals surface area contributed by atoms with Gasteiger partial charge < -0.3 is 4.84 Å². The molecule has 0 saturated carbocycles. The Labute approximate surface area is 82.1 Å². The first kappa shape index (κ1) is 8.39. The Morgan fingerprint density at radius 1 is 1.14 bits per heavy atom. The highest BCUT2D eigenvalue weighted by atomic mass is 16.7. The summed E-state index contributed by atoms with van der Waals surface area (Å²) in [5.74, 6) is 0. The van der Waals surface area contributed by atoms with Gasteiger partial charge in [0, 0.05) is 6.20 Å². The summed E-state index contributed by atoms with van der Waals surface area (Å²) in [6, 6.07) is 9.25. The van der Waals surface area contributed by atoms with Crippen LogP contribution in [0.25, 0.3) is 0 Å². The van der Waals surface area contributed by atoms with Gasteiger partial charge in [0.1, 0.15) is 6.26 Å². The molecule has 3 heteroatoms. The lowest BCUT2D eigenvalue weighted by molar-refractivity contribution is 0.245. The average molecular weight is 184 g/mol. The molecule has 0 atom stereocenters. The summed E-state index contributed by atoms with van der Waals surface area (Å²) < 4.78 is 0. The van der Waals surface area contributed by atoms with Crippen LogP contribution in [0.2, 0.25) is 0 Å². The van der Waals surface area contributed by atoms with Crippen molar-refractivity contribution in [2.75, 3.05) is 5.06 Å². The Balaban J connectivity index is 2.21. The van der Waals surface area contributed by atoms with Crippen LogP contribution in [-0.4, -0.2) is 0 Å². The molecule has 0 N–H and O–H groups in total. The van der Waals surface area contributed by atoms with Gasteiger partial charge in [-0.15, -0.1) is 0 Å².